The van der Waals surface area contributed by atoms with Crippen LogP contribution in [0.4, 0.5) is 0 Å². The van der Waals surface area contributed by atoms with E-state index >= 15 is 0 Å². The molecule has 0 aliphatic carbocycles. The molecule has 1 heterocycles. The number of carbonyl (C=O) groups is 1. The highest BCUT2D eigenvalue weighted by molar-refractivity contribution is 6.32. The maximum Gasteiger partial charge on any atom is 0.274 e. The van der Waals surface area contributed by atoms with Crippen molar-refractivity contribution in [3.05, 3.63) is 64.9 Å². The van der Waals surface area contributed by atoms with Gasteiger partial charge in [0.15, 0.2) is 0 Å². The van der Waals surface area contributed by atoms with Crippen molar-refractivity contribution in [2.24, 2.45) is 5.10 Å². The van der Waals surface area contributed by atoms with Gasteiger partial charge >= 0.3 is 0 Å². The highest BCUT2D eigenvalue weighted by Crippen LogP contribution is 2.29. The molecule has 7 heteroatoms. The van der Waals surface area contributed by atoms with E-state index in [0.29, 0.717) is 11.5 Å². The van der Waals surface area contributed by atoms with Gasteiger partial charge in [0.2, 0.25) is 0 Å². The van der Waals surface area contributed by atoms with Gasteiger partial charge in [0.1, 0.15) is 16.7 Å². The largest absolute Gasteiger partial charge is 0.497 e. The quantitative estimate of drug-likeness (QED) is 0.423. The van der Waals surface area contributed by atoms with Gasteiger partial charge in [0.05, 0.1) is 26.0 Å². The van der Waals surface area contributed by atoms with Crippen LogP contribution in [0.25, 0.3) is 10.8 Å². The lowest BCUT2D eigenvalue weighted by molar-refractivity contribution is 0.0955. The summed E-state index contributed by atoms with van der Waals surface area (Å²) in [6.45, 7) is 0. The van der Waals surface area contributed by atoms with Crippen LogP contribution >= 0.6 is 11.6 Å². The molecular weight excluding hydrogens is 354 g/mol. The number of amides is 1. The Kier molecular flexibility index (Phi) is 5.34. The zero-order chi connectivity index (χ0) is 18.5. The molecule has 0 fully saturated rings. The number of hydrogen-bond donors (Lipinski definition) is 1. The number of fused-ring (bicyclic) bond motifs is 1. The number of halogens is 1. The molecule has 0 aliphatic rings. The zero-order valence-electron chi connectivity index (χ0n) is 14.2. The summed E-state index contributed by atoms with van der Waals surface area (Å²) in [7, 11) is 3.18. The highest BCUT2D eigenvalue weighted by Gasteiger charge is 2.11. The van der Waals surface area contributed by atoms with Crippen molar-refractivity contribution in [1.82, 2.24) is 10.4 Å². The van der Waals surface area contributed by atoms with Gasteiger partial charge in [-0.05, 0) is 41.1 Å². The summed E-state index contributed by atoms with van der Waals surface area (Å²) in [5, 5.41) is 6.04. The van der Waals surface area contributed by atoms with Crippen LogP contribution in [0.2, 0.25) is 5.15 Å². The molecule has 0 unspecified atom stereocenters. The summed E-state index contributed by atoms with van der Waals surface area (Å²) in [6, 6.07) is 12.7. The monoisotopic (exact) mass is 369 g/mol. The van der Waals surface area contributed by atoms with Crippen molar-refractivity contribution in [2.45, 2.75) is 0 Å². The molecule has 0 aliphatic heterocycles. The molecule has 1 N–H and O–H groups in total. The van der Waals surface area contributed by atoms with E-state index in [9.17, 15) is 4.79 Å². The Bertz CT molecular complexity index is 984. The molecule has 3 rings (SSSR count). The molecule has 0 bridgehead atoms. The lowest BCUT2D eigenvalue weighted by Crippen LogP contribution is -2.18. The van der Waals surface area contributed by atoms with Crippen LogP contribution in [0.1, 0.15) is 15.9 Å². The third-order valence-corrected chi connectivity index (χ3v) is 4.11. The molecule has 6 nitrogen and oxygen atoms in total. The number of hydrazone groups is 1. The van der Waals surface area contributed by atoms with Crippen LogP contribution in [0.3, 0.4) is 0 Å². The summed E-state index contributed by atoms with van der Waals surface area (Å²) in [6.07, 6.45) is 3.04. The third-order valence-electron chi connectivity index (χ3n) is 3.81. The van der Waals surface area contributed by atoms with E-state index in [4.69, 9.17) is 21.1 Å². The Hall–Kier alpha value is -3.12. The van der Waals surface area contributed by atoms with Crippen molar-refractivity contribution in [2.75, 3.05) is 14.2 Å². The van der Waals surface area contributed by atoms with Crippen LogP contribution in [0.5, 0.6) is 11.5 Å². The fourth-order valence-electron chi connectivity index (χ4n) is 2.51. The Balaban J connectivity index is 1.93. The molecule has 132 valence electrons. The Morgan fingerprint density at radius 2 is 2.00 bits per heavy atom. The second-order valence-electron chi connectivity index (χ2n) is 5.31. The molecule has 0 atom stereocenters. The van der Waals surface area contributed by atoms with E-state index in [-0.39, 0.29) is 10.7 Å². The van der Waals surface area contributed by atoms with E-state index in [1.165, 1.54) is 12.4 Å². The molecule has 3 aromatic rings. The minimum Gasteiger partial charge on any atom is -0.497 e. The molecule has 0 radical (unpaired) electrons. The predicted octanol–water partition coefficient (Wildman–Crippen LogP) is 3.67. The van der Waals surface area contributed by atoms with Gasteiger partial charge < -0.3 is 9.47 Å². The number of rotatable bonds is 5. The van der Waals surface area contributed by atoms with Crippen molar-refractivity contribution >= 4 is 34.5 Å². The van der Waals surface area contributed by atoms with Gasteiger partial charge in [0.25, 0.3) is 5.91 Å². The summed E-state index contributed by atoms with van der Waals surface area (Å²) >= 11 is 5.92. The molecule has 1 amide bonds. The second kappa shape index (κ2) is 7.84. The Labute approximate surface area is 155 Å². The van der Waals surface area contributed by atoms with Gasteiger partial charge in [-0.25, -0.2) is 10.4 Å². The lowest BCUT2D eigenvalue weighted by atomic mass is 10.0. The zero-order valence-corrected chi connectivity index (χ0v) is 14.9. The Morgan fingerprint density at radius 3 is 2.73 bits per heavy atom. The van der Waals surface area contributed by atoms with Crippen molar-refractivity contribution in [3.8, 4) is 11.5 Å². The van der Waals surface area contributed by atoms with E-state index < -0.39 is 5.91 Å². The van der Waals surface area contributed by atoms with Crippen LogP contribution in [0, 0.1) is 0 Å². The number of pyridine rings is 1. The molecule has 0 spiro atoms. The standard InChI is InChI=1S/C19H16ClN3O3/c1-25-13-7-5-12-6-8-17(26-2)16(15(12)10-13)11-22-23-19(24)14-4-3-9-21-18(14)20/h3-11H,1-2H3,(H,23,24). The van der Waals surface area contributed by atoms with Crippen molar-refractivity contribution in [3.63, 3.8) is 0 Å². The molecule has 0 saturated carbocycles. The maximum absolute atomic E-state index is 12.2. The number of methoxy groups -OCH3 is 2. The first-order chi connectivity index (χ1) is 12.6. The average Bonchev–Trinajstić information content (AvgIpc) is 2.67. The van der Waals surface area contributed by atoms with Crippen molar-refractivity contribution in [1.29, 1.82) is 0 Å². The third kappa shape index (κ3) is 3.60. The number of ether oxygens (including phenoxy) is 2. The van der Waals surface area contributed by atoms with E-state index in [2.05, 4.69) is 15.5 Å². The Morgan fingerprint density at radius 1 is 1.19 bits per heavy atom. The predicted molar refractivity (Wildman–Crippen MR) is 101 cm³/mol. The first-order valence-corrected chi connectivity index (χ1v) is 8.10. The van der Waals surface area contributed by atoms with Gasteiger partial charge in [-0.1, -0.05) is 23.7 Å². The summed E-state index contributed by atoms with van der Waals surface area (Å²) in [5.74, 6) is 0.894. The fraction of sp³-hybridized carbons (Fsp3) is 0.105. The molecule has 0 saturated heterocycles. The van der Waals surface area contributed by atoms with E-state index in [1.54, 1.807) is 26.4 Å². The lowest BCUT2D eigenvalue weighted by Gasteiger charge is -2.10. The van der Waals surface area contributed by atoms with Crippen molar-refractivity contribution < 1.29 is 14.3 Å². The summed E-state index contributed by atoms with van der Waals surface area (Å²) in [4.78, 5) is 16.0. The second-order valence-corrected chi connectivity index (χ2v) is 5.67. The fourth-order valence-corrected chi connectivity index (χ4v) is 2.72. The number of carbonyl (C=O) groups excluding carboxylic acids is 1. The first kappa shape index (κ1) is 17.7. The normalized spacial score (nSPS) is 10.9. The number of aromatic nitrogens is 1. The van der Waals surface area contributed by atoms with Crippen LogP contribution in [-0.2, 0) is 0 Å². The van der Waals surface area contributed by atoms with Crippen LogP contribution in [-0.4, -0.2) is 31.3 Å². The van der Waals surface area contributed by atoms with Gasteiger partial charge in [-0.2, -0.15) is 5.10 Å². The SMILES string of the molecule is COc1ccc2ccc(OC)c(C=NNC(=O)c3cccnc3Cl)c2c1. The molecule has 1 aromatic heterocycles. The van der Waals surface area contributed by atoms with Crippen LogP contribution < -0.4 is 14.9 Å². The van der Waals surface area contributed by atoms with Crippen LogP contribution in [0.15, 0.2) is 53.8 Å². The smallest absolute Gasteiger partial charge is 0.274 e. The minimum absolute atomic E-state index is 0.118. The average molecular weight is 370 g/mol. The first-order valence-electron chi connectivity index (χ1n) is 7.72. The number of nitrogens with zero attached hydrogens (tertiary/aromatic N) is 2. The topological polar surface area (TPSA) is 72.8 Å². The number of nitrogens with one attached hydrogen (secondary N) is 1. The molecule has 26 heavy (non-hydrogen) atoms. The molecule has 2 aromatic carbocycles. The molecular formula is C19H16ClN3O3. The van der Waals surface area contributed by atoms with E-state index in [0.717, 1.165) is 16.3 Å². The maximum atomic E-state index is 12.2. The summed E-state index contributed by atoms with van der Waals surface area (Å²) < 4.78 is 10.7. The number of benzene rings is 2. The summed E-state index contributed by atoms with van der Waals surface area (Å²) in [5.41, 5.74) is 3.42. The van der Waals surface area contributed by atoms with E-state index in [1.807, 2.05) is 30.3 Å². The number of hydrogen-bond acceptors (Lipinski definition) is 5. The highest BCUT2D eigenvalue weighted by atomic mass is 35.5. The minimum atomic E-state index is -0.448. The van der Waals surface area contributed by atoms with Gasteiger partial charge in [-0.3, -0.25) is 4.79 Å². The van der Waals surface area contributed by atoms with Gasteiger partial charge in [-0.15, -0.1) is 0 Å². The van der Waals surface area contributed by atoms with Gasteiger partial charge in [0, 0.05) is 11.8 Å².